The summed E-state index contributed by atoms with van der Waals surface area (Å²) in [5.41, 5.74) is 1.36. The van der Waals surface area contributed by atoms with E-state index in [9.17, 15) is 9.18 Å². The van der Waals surface area contributed by atoms with Gasteiger partial charge in [-0.15, -0.1) is 0 Å². The van der Waals surface area contributed by atoms with Gasteiger partial charge in [-0.2, -0.15) is 0 Å². The van der Waals surface area contributed by atoms with Crippen molar-refractivity contribution < 1.29 is 8.81 Å². The molecule has 0 bridgehead atoms. The number of hydrogen-bond donors (Lipinski definition) is 1. The van der Waals surface area contributed by atoms with Gasteiger partial charge in [0.2, 0.25) is 11.1 Å². The Bertz CT molecular complexity index is 997. The van der Waals surface area contributed by atoms with Gasteiger partial charge in [0.05, 0.1) is 16.3 Å². The molecule has 0 aliphatic heterocycles. The van der Waals surface area contributed by atoms with Gasteiger partial charge in [0.15, 0.2) is 0 Å². The highest BCUT2D eigenvalue weighted by Crippen LogP contribution is 2.26. The van der Waals surface area contributed by atoms with Crippen molar-refractivity contribution in [3.05, 3.63) is 58.5 Å². The van der Waals surface area contributed by atoms with Gasteiger partial charge in [0.1, 0.15) is 11.4 Å². The lowest BCUT2D eigenvalue weighted by Crippen LogP contribution is -2.00. The molecule has 92 valence electrons. The van der Waals surface area contributed by atoms with Crippen LogP contribution in [-0.4, -0.2) is 4.98 Å². The van der Waals surface area contributed by atoms with Crippen LogP contribution in [0.3, 0.4) is 0 Å². The van der Waals surface area contributed by atoms with Crippen LogP contribution in [0.1, 0.15) is 0 Å². The molecule has 0 aliphatic rings. The van der Waals surface area contributed by atoms with Gasteiger partial charge >= 0.3 is 0 Å². The molecule has 0 radical (unpaired) electrons. The molecule has 2 heterocycles. The van der Waals surface area contributed by atoms with E-state index in [0.29, 0.717) is 33.0 Å². The highest BCUT2D eigenvalue weighted by atomic mass is 19.1. The SMILES string of the molecule is O=c1c2ccccc2oc2[nH]c3cc(F)ccc3c12. The van der Waals surface area contributed by atoms with Gasteiger partial charge in [-0.05, 0) is 30.3 Å². The standard InChI is InChI=1S/C15H8FNO2/c16-8-5-6-9-11(7-8)17-15-13(9)14(18)10-3-1-2-4-12(10)19-15/h1-7,17H. The molecule has 1 N–H and O–H groups in total. The molecular formula is C15H8FNO2. The van der Waals surface area contributed by atoms with E-state index in [1.54, 1.807) is 30.3 Å². The number of halogens is 1. The van der Waals surface area contributed by atoms with Crippen molar-refractivity contribution in [3.8, 4) is 0 Å². The highest BCUT2D eigenvalue weighted by Gasteiger charge is 2.13. The first-order valence-electron chi connectivity index (χ1n) is 5.87. The topological polar surface area (TPSA) is 46.0 Å². The molecule has 0 spiro atoms. The summed E-state index contributed by atoms with van der Waals surface area (Å²) in [5, 5.41) is 1.67. The maximum absolute atomic E-state index is 13.2. The van der Waals surface area contributed by atoms with Crippen LogP contribution in [0.25, 0.3) is 33.0 Å². The number of H-pyrrole nitrogens is 1. The second-order valence-electron chi connectivity index (χ2n) is 4.45. The summed E-state index contributed by atoms with van der Waals surface area (Å²) >= 11 is 0. The number of para-hydroxylation sites is 1. The minimum atomic E-state index is -0.351. The van der Waals surface area contributed by atoms with Crippen molar-refractivity contribution >= 4 is 33.0 Å². The molecule has 0 saturated carbocycles. The molecular weight excluding hydrogens is 245 g/mol. The fourth-order valence-corrected chi connectivity index (χ4v) is 2.43. The van der Waals surface area contributed by atoms with Crippen molar-refractivity contribution in [1.29, 1.82) is 0 Å². The minimum Gasteiger partial charge on any atom is -0.439 e. The van der Waals surface area contributed by atoms with Crippen LogP contribution < -0.4 is 5.43 Å². The Labute approximate surface area is 106 Å². The van der Waals surface area contributed by atoms with Gasteiger partial charge in [-0.1, -0.05) is 12.1 Å². The number of aromatic amines is 1. The van der Waals surface area contributed by atoms with Gasteiger partial charge in [0, 0.05) is 5.39 Å². The first kappa shape index (κ1) is 10.3. The van der Waals surface area contributed by atoms with E-state index in [1.807, 2.05) is 0 Å². The summed E-state index contributed by atoms with van der Waals surface area (Å²) in [5.74, 6) is -0.351. The Morgan fingerprint density at radius 2 is 1.89 bits per heavy atom. The molecule has 0 saturated heterocycles. The number of nitrogens with one attached hydrogen (secondary N) is 1. The molecule has 0 fully saturated rings. The molecule has 4 rings (SSSR count). The van der Waals surface area contributed by atoms with E-state index in [0.717, 1.165) is 0 Å². The lowest BCUT2D eigenvalue weighted by molar-refractivity contribution is 0.629. The van der Waals surface area contributed by atoms with Crippen molar-refractivity contribution in [2.24, 2.45) is 0 Å². The van der Waals surface area contributed by atoms with Gasteiger partial charge < -0.3 is 9.40 Å². The summed E-state index contributed by atoms with van der Waals surface area (Å²) in [6.45, 7) is 0. The van der Waals surface area contributed by atoms with Gasteiger partial charge in [0.25, 0.3) is 0 Å². The number of benzene rings is 2. The predicted molar refractivity (Wildman–Crippen MR) is 71.8 cm³/mol. The number of hydrogen-bond acceptors (Lipinski definition) is 2. The van der Waals surface area contributed by atoms with Crippen molar-refractivity contribution in [1.82, 2.24) is 4.98 Å². The maximum atomic E-state index is 13.2. The van der Waals surface area contributed by atoms with Crippen LogP contribution in [0.4, 0.5) is 4.39 Å². The fourth-order valence-electron chi connectivity index (χ4n) is 2.43. The Balaban J connectivity index is 2.33. The van der Waals surface area contributed by atoms with Crippen LogP contribution in [0.15, 0.2) is 51.7 Å². The van der Waals surface area contributed by atoms with Crippen molar-refractivity contribution in [2.75, 3.05) is 0 Å². The number of rotatable bonds is 0. The zero-order valence-electron chi connectivity index (χ0n) is 9.74. The number of fused-ring (bicyclic) bond motifs is 4. The third kappa shape index (κ3) is 1.34. The third-order valence-electron chi connectivity index (χ3n) is 3.30. The van der Waals surface area contributed by atoms with E-state index >= 15 is 0 Å². The molecule has 0 amide bonds. The highest BCUT2D eigenvalue weighted by molar-refractivity contribution is 6.07. The Morgan fingerprint density at radius 3 is 2.79 bits per heavy atom. The molecule has 4 heteroatoms. The summed E-state index contributed by atoms with van der Waals surface area (Å²) in [6.07, 6.45) is 0. The van der Waals surface area contributed by atoms with Crippen LogP contribution in [0.2, 0.25) is 0 Å². The van der Waals surface area contributed by atoms with Crippen LogP contribution in [-0.2, 0) is 0 Å². The summed E-state index contributed by atoms with van der Waals surface area (Å²) < 4.78 is 18.9. The molecule has 0 atom stereocenters. The van der Waals surface area contributed by atoms with E-state index in [1.165, 1.54) is 12.1 Å². The van der Waals surface area contributed by atoms with E-state index in [-0.39, 0.29) is 11.2 Å². The number of aromatic nitrogens is 1. The minimum absolute atomic E-state index is 0.102. The predicted octanol–water partition coefficient (Wildman–Crippen LogP) is 3.57. The Morgan fingerprint density at radius 1 is 1.05 bits per heavy atom. The maximum Gasteiger partial charge on any atom is 0.209 e. The van der Waals surface area contributed by atoms with Crippen LogP contribution in [0.5, 0.6) is 0 Å². The lowest BCUT2D eigenvalue weighted by atomic mass is 10.1. The van der Waals surface area contributed by atoms with Crippen LogP contribution >= 0.6 is 0 Å². The lowest BCUT2D eigenvalue weighted by Gasteiger charge is -1.96. The van der Waals surface area contributed by atoms with Gasteiger partial charge in [-0.25, -0.2) is 4.39 Å². The smallest absolute Gasteiger partial charge is 0.209 e. The largest absolute Gasteiger partial charge is 0.439 e. The summed E-state index contributed by atoms with van der Waals surface area (Å²) in [7, 11) is 0. The molecule has 4 aromatic rings. The Hall–Kier alpha value is -2.62. The second kappa shape index (κ2) is 3.45. The summed E-state index contributed by atoms with van der Waals surface area (Å²) in [6, 6.07) is 11.3. The average Bonchev–Trinajstić information content (AvgIpc) is 2.76. The first-order chi connectivity index (χ1) is 9.24. The van der Waals surface area contributed by atoms with Gasteiger partial charge in [-0.3, -0.25) is 4.79 Å². The Kier molecular flexibility index (Phi) is 1.87. The molecule has 0 aliphatic carbocycles. The molecule has 3 nitrogen and oxygen atoms in total. The second-order valence-corrected chi connectivity index (χ2v) is 4.45. The quantitative estimate of drug-likeness (QED) is 0.520. The molecule has 2 aromatic carbocycles. The first-order valence-corrected chi connectivity index (χ1v) is 5.87. The molecule has 2 aromatic heterocycles. The van der Waals surface area contributed by atoms with Crippen LogP contribution in [0, 0.1) is 5.82 Å². The molecule has 19 heavy (non-hydrogen) atoms. The van der Waals surface area contributed by atoms with E-state index < -0.39 is 0 Å². The average molecular weight is 253 g/mol. The van der Waals surface area contributed by atoms with E-state index in [4.69, 9.17) is 4.42 Å². The fraction of sp³-hybridized carbons (Fsp3) is 0. The normalized spacial score (nSPS) is 11.6. The molecule has 0 unspecified atom stereocenters. The zero-order valence-corrected chi connectivity index (χ0v) is 9.74. The van der Waals surface area contributed by atoms with Crippen molar-refractivity contribution in [2.45, 2.75) is 0 Å². The third-order valence-corrected chi connectivity index (χ3v) is 3.30. The zero-order chi connectivity index (χ0) is 13.0. The van der Waals surface area contributed by atoms with E-state index in [2.05, 4.69) is 4.98 Å². The monoisotopic (exact) mass is 253 g/mol. The van der Waals surface area contributed by atoms with Crippen molar-refractivity contribution in [3.63, 3.8) is 0 Å². The summed E-state index contributed by atoms with van der Waals surface area (Å²) in [4.78, 5) is 15.4.